The average molecular weight is 282 g/mol. The van der Waals surface area contributed by atoms with Crippen molar-refractivity contribution in [3.05, 3.63) is 28.8 Å². The minimum atomic E-state index is -0.458. The standard InChI is InChI=1S/C16H24ClNO/c1-3-13-5-4-9-18(10-8-13)16-7-6-14(12(2)19)11-15(16)17/h6-7,11-13,19H,3-5,8-10H2,1-2H3. The van der Waals surface area contributed by atoms with Gasteiger partial charge >= 0.3 is 0 Å². The van der Waals surface area contributed by atoms with E-state index in [1.165, 1.54) is 25.7 Å². The summed E-state index contributed by atoms with van der Waals surface area (Å²) < 4.78 is 0. The average Bonchev–Trinajstić information content (AvgIpc) is 2.63. The van der Waals surface area contributed by atoms with Crippen LogP contribution in [-0.4, -0.2) is 18.2 Å². The number of aliphatic hydroxyl groups excluding tert-OH is 1. The van der Waals surface area contributed by atoms with Crippen LogP contribution in [0.2, 0.25) is 5.02 Å². The van der Waals surface area contributed by atoms with E-state index in [0.29, 0.717) is 0 Å². The van der Waals surface area contributed by atoms with Crippen molar-refractivity contribution in [1.29, 1.82) is 0 Å². The molecule has 3 heteroatoms. The number of aliphatic hydroxyl groups is 1. The van der Waals surface area contributed by atoms with Crippen molar-refractivity contribution in [3.63, 3.8) is 0 Å². The molecule has 0 aromatic heterocycles. The molecule has 0 amide bonds. The molecule has 1 aliphatic rings. The molecule has 2 rings (SSSR count). The van der Waals surface area contributed by atoms with E-state index in [9.17, 15) is 5.11 Å². The molecule has 2 atom stereocenters. The van der Waals surface area contributed by atoms with Gasteiger partial charge in [-0.15, -0.1) is 0 Å². The van der Waals surface area contributed by atoms with Crippen LogP contribution < -0.4 is 4.90 Å². The summed E-state index contributed by atoms with van der Waals surface area (Å²) in [5.41, 5.74) is 2.00. The highest BCUT2D eigenvalue weighted by Crippen LogP contribution is 2.31. The summed E-state index contributed by atoms with van der Waals surface area (Å²) in [5.74, 6) is 0.862. The van der Waals surface area contributed by atoms with Crippen molar-refractivity contribution in [1.82, 2.24) is 0 Å². The minimum Gasteiger partial charge on any atom is -0.389 e. The quantitative estimate of drug-likeness (QED) is 0.887. The molecule has 1 fully saturated rings. The zero-order valence-corrected chi connectivity index (χ0v) is 12.7. The SMILES string of the molecule is CCC1CCCN(c2ccc(C(C)O)cc2Cl)CC1. The molecule has 1 heterocycles. The molecular formula is C16H24ClNO. The second kappa shape index (κ2) is 6.62. The smallest absolute Gasteiger partial charge is 0.0762 e. The van der Waals surface area contributed by atoms with E-state index < -0.39 is 6.10 Å². The van der Waals surface area contributed by atoms with Crippen LogP contribution in [0.4, 0.5) is 5.69 Å². The Balaban J connectivity index is 2.13. The Hall–Kier alpha value is -0.730. The number of nitrogens with zero attached hydrogens (tertiary/aromatic N) is 1. The largest absolute Gasteiger partial charge is 0.389 e. The molecule has 0 saturated carbocycles. The zero-order chi connectivity index (χ0) is 13.8. The van der Waals surface area contributed by atoms with Crippen molar-refractivity contribution in [2.45, 2.75) is 45.6 Å². The first-order chi connectivity index (χ1) is 9.11. The second-order valence-corrected chi connectivity index (χ2v) is 5.99. The minimum absolute atomic E-state index is 0.458. The summed E-state index contributed by atoms with van der Waals surface area (Å²) in [7, 11) is 0. The fourth-order valence-electron chi connectivity index (χ4n) is 2.85. The molecule has 0 radical (unpaired) electrons. The molecule has 1 aliphatic heterocycles. The second-order valence-electron chi connectivity index (χ2n) is 5.58. The van der Waals surface area contributed by atoms with E-state index in [1.54, 1.807) is 6.92 Å². The van der Waals surface area contributed by atoms with Gasteiger partial charge in [-0.05, 0) is 49.8 Å². The number of anilines is 1. The van der Waals surface area contributed by atoms with Crippen LogP contribution in [0, 0.1) is 5.92 Å². The third-order valence-electron chi connectivity index (χ3n) is 4.22. The monoisotopic (exact) mass is 281 g/mol. The van der Waals surface area contributed by atoms with Gasteiger partial charge in [0.05, 0.1) is 16.8 Å². The first kappa shape index (κ1) is 14.7. The molecule has 0 spiro atoms. The Morgan fingerprint density at radius 2 is 2.16 bits per heavy atom. The Morgan fingerprint density at radius 3 is 2.79 bits per heavy atom. The van der Waals surface area contributed by atoms with E-state index >= 15 is 0 Å². The van der Waals surface area contributed by atoms with Crippen molar-refractivity contribution in [2.75, 3.05) is 18.0 Å². The van der Waals surface area contributed by atoms with Gasteiger partial charge in [-0.2, -0.15) is 0 Å². The molecule has 1 aromatic rings. The van der Waals surface area contributed by atoms with Gasteiger partial charge in [-0.25, -0.2) is 0 Å². The van der Waals surface area contributed by atoms with Crippen molar-refractivity contribution < 1.29 is 5.11 Å². The van der Waals surface area contributed by atoms with E-state index in [-0.39, 0.29) is 0 Å². The third kappa shape index (κ3) is 3.64. The van der Waals surface area contributed by atoms with Crippen LogP contribution in [0.3, 0.4) is 0 Å². The van der Waals surface area contributed by atoms with Crippen molar-refractivity contribution >= 4 is 17.3 Å². The lowest BCUT2D eigenvalue weighted by Gasteiger charge is -2.24. The molecule has 2 unspecified atom stereocenters. The van der Waals surface area contributed by atoms with E-state index in [0.717, 1.165) is 35.3 Å². The lowest BCUT2D eigenvalue weighted by molar-refractivity contribution is 0.199. The van der Waals surface area contributed by atoms with Gasteiger partial charge in [-0.1, -0.05) is 31.0 Å². The summed E-state index contributed by atoms with van der Waals surface area (Å²) in [4.78, 5) is 2.39. The summed E-state index contributed by atoms with van der Waals surface area (Å²) in [6, 6.07) is 5.93. The molecule has 19 heavy (non-hydrogen) atoms. The van der Waals surface area contributed by atoms with Gasteiger partial charge < -0.3 is 10.0 Å². The molecule has 0 aliphatic carbocycles. The summed E-state index contributed by atoms with van der Waals surface area (Å²) in [5, 5.41) is 10.3. The number of rotatable bonds is 3. The van der Waals surface area contributed by atoms with Crippen LogP contribution in [-0.2, 0) is 0 Å². The molecule has 1 N–H and O–H groups in total. The molecule has 1 aromatic carbocycles. The fraction of sp³-hybridized carbons (Fsp3) is 0.625. The van der Waals surface area contributed by atoms with Crippen LogP contribution >= 0.6 is 11.6 Å². The van der Waals surface area contributed by atoms with Gasteiger partial charge in [0.1, 0.15) is 0 Å². The summed E-state index contributed by atoms with van der Waals surface area (Å²) in [6.07, 6.45) is 4.65. The van der Waals surface area contributed by atoms with Gasteiger partial charge in [0, 0.05) is 13.1 Å². The summed E-state index contributed by atoms with van der Waals surface area (Å²) in [6.45, 7) is 6.23. The maximum Gasteiger partial charge on any atom is 0.0762 e. The Labute approximate surface area is 121 Å². The van der Waals surface area contributed by atoms with Gasteiger partial charge in [0.2, 0.25) is 0 Å². The van der Waals surface area contributed by atoms with Crippen LogP contribution in [0.15, 0.2) is 18.2 Å². The predicted octanol–water partition coefficient (Wildman–Crippen LogP) is 4.41. The molecular weight excluding hydrogens is 258 g/mol. The Morgan fingerprint density at radius 1 is 1.37 bits per heavy atom. The maximum absolute atomic E-state index is 9.59. The lowest BCUT2D eigenvalue weighted by Crippen LogP contribution is -2.24. The Bertz CT molecular complexity index is 419. The topological polar surface area (TPSA) is 23.5 Å². The molecule has 0 bridgehead atoms. The molecule has 1 saturated heterocycles. The first-order valence-corrected chi connectivity index (χ1v) is 7.72. The van der Waals surface area contributed by atoms with Gasteiger partial charge in [-0.3, -0.25) is 0 Å². The first-order valence-electron chi connectivity index (χ1n) is 7.34. The van der Waals surface area contributed by atoms with Gasteiger partial charge in [0.25, 0.3) is 0 Å². The fourth-order valence-corrected chi connectivity index (χ4v) is 3.16. The maximum atomic E-state index is 9.59. The normalized spacial score (nSPS) is 22.1. The zero-order valence-electron chi connectivity index (χ0n) is 11.9. The molecule has 2 nitrogen and oxygen atoms in total. The number of halogens is 1. The highest BCUT2D eigenvalue weighted by molar-refractivity contribution is 6.33. The van der Waals surface area contributed by atoms with Crippen molar-refractivity contribution in [2.24, 2.45) is 5.92 Å². The number of benzene rings is 1. The predicted molar refractivity (Wildman–Crippen MR) is 81.9 cm³/mol. The third-order valence-corrected chi connectivity index (χ3v) is 4.52. The van der Waals surface area contributed by atoms with Gasteiger partial charge in [0.15, 0.2) is 0 Å². The van der Waals surface area contributed by atoms with Crippen LogP contribution in [0.25, 0.3) is 0 Å². The number of hydrogen-bond donors (Lipinski definition) is 1. The Kier molecular flexibility index (Phi) is 5.12. The van der Waals surface area contributed by atoms with E-state index in [1.807, 2.05) is 12.1 Å². The van der Waals surface area contributed by atoms with E-state index in [4.69, 9.17) is 11.6 Å². The van der Waals surface area contributed by atoms with Crippen LogP contribution in [0.1, 0.15) is 51.2 Å². The highest BCUT2D eigenvalue weighted by atomic mass is 35.5. The van der Waals surface area contributed by atoms with Crippen LogP contribution in [0.5, 0.6) is 0 Å². The van der Waals surface area contributed by atoms with Crippen molar-refractivity contribution in [3.8, 4) is 0 Å². The lowest BCUT2D eigenvalue weighted by atomic mass is 9.98. The number of hydrogen-bond acceptors (Lipinski definition) is 2. The highest BCUT2D eigenvalue weighted by Gasteiger charge is 2.18. The summed E-state index contributed by atoms with van der Waals surface area (Å²) >= 11 is 6.38. The molecule has 106 valence electrons. The van der Waals surface area contributed by atoms with E-state index in [2.05, 4.69) is 17.9 Å².